The van der Waals surface area contributed by atoms with Crippen molar-refractivity contribution in [2.45, 2.75) is 32.9 Å². The van der Waals surface area contributed by atoms with E-state index in [1.807, 2.05) is 49.4 Å². The van der Waals surface area contributed by atoms with Crippen LogP contribution in [0.1, 0.15) is 29.2 Å². The number of rotatable bonds is 7. The summed E-state index contributed by atoms with van der Waals surface area (Å²) in [5, 5.41) is 12.1. The normalized spacial score (nSPS) is 11.7. The summed E-state index contributed by atoms with van der Waals surface area (Å²) < 4.78 is 1.30. The Morgan fingerprint density at radius 1 is 1.03 bits per heavy atom. The molecule has 1 aromatic heterocycles. The van der Waals surface area contributed by atoms with Gasteiger partial charge in [-0.25, -0.2) is 0 Å². The van der Waals surface area contributed by atoms with Crippen LogP contribution in [0, 0.1) is 13.8 Å². The van der Waals surface area contributed by atoms with Crippen molar-refractivity contribution in [1.29, 1.82) is 0 Å². The SMILES string of the molecule is Cc1ccn(CC(=O)N[C@@H](CC(=O)O)c2cccc(-c3ccccc3C)c2)c(=O)c1. The van der Waals surface area contributed by atoms with Gasteiger partial charge < -0.3 is 15.0 Å². The summed E-state index contributed by atoms with van der Waals surface area (Å²) in [7, 11) is 0. The highest BCUT2D eigenvalue weighted by Gasteiger charge is 2.19. The van der Waals surface area contributed by atoms with Crippen molar-refractivity contribution in [2.75, 3.05) is 0 Å². The summed E-state index contributed by atoms with van der Waals surface area (Å²) in [5.41, 5.74) is 4.33. The lowest BCUT2D eigenvalue weighted by molar-refractivity contribution is -0.137. The molecular weight excluding hydrogens is 380 g/mol. The number of carboxylic acid groups (broad SMARTS) is 1. The van der Waals surface area contributed by atoms with Crippen LogP contribution in [-0.4, -0.2) is 21.6 Å². The number of amides is 1. The van der Waals surface area contributed by atoms with Gasteiger partial charge in [0.2, 0.25) is 5.91 Å². The molecule has 0 unspecified atom stereocenters. The highest BCUT2D eigenvalue weighted by molar-refractivity contribution is 5.78. The second-order valence-corrected chi connectivity index (χ2v) is 7.33. The third-order valence-electron chi connectivity index (χ3n) is 4.92. The van der Waals surface area contributed by atoms with E-state index < -0.39 is 17.9 Å². The number of nitrogens with zero attached hydrogens (tertiary/aromatic N) is 1. The highest BCUT2D eigenvalue weighted by atomic mass is 16.4. The van der Waals surface area contributed by atoms with Crippen LogP contribution < -0.4 is 10.9 Å². The van der Waals surface area contributed by atoms with Crippen LogP contribution in [0.4, 0.5) is 0 Å². The molecule has 3 rings (SSSR count). The number of carbonyl (C=O) groups is 2. The van der Waals surface area contributed by atoms with Gasteiger partial charge in [-0.05, 0) is 53.8 Å². The van der Waals surface area contributed by atoms with E-state index in [-0.39, 0.29) is 18.5 Å². The summed E-state index contributed by atoms with van der Waals surface area (Å²) in [6.07, 6.45) is 1.30. The number of pyridine rings is 1. The number of carboxylic acids is 1. The zero-order chi connectivity index (χ0) is 21.7. The van der Waals surface area contributed by atoms with Crippen molar-refractivity contribution in [3.8, 4) is 11.1 Å². The molecule has 2 N–H and O–H groups in total. The Kier molecular flexibility index (Phi) is 6.47. The molecule has 0 saturated carbocycles. The quantitative estimate of drug-likeness (QED) is 0.631. The van der Waals surface area contributed by atoms with Crippen LogP contribution in [0.3, 0.4) is 0 Å². The van der Waals surface area contributed by atoms with E-state index in [9.17, 15) is 19.5 Å². The minimum absolute atomic E-state index is 0.174. The molecule has 0 radical (unpaired) electrons. The largest absolute Gasteiger partial charge is 0.481 e. The Balaban J connectivity index is 1.85. The first-order valence-electron chi connectivity index (χ1n) is 9.67. The molecule has 0 fully saturated rings. The molecule has 0 saturated heterocycles. The van der Waals surface area contributed by atoms with E-state index >= 15 is 0 Å². The molecule has 1 amide bonds. The van der Waals surface area contributed by atoms with Crippen molar-refractivity contribution in [3.63, 3.8) is 0 Å². The molecule has 30 heavy (non-hydrogen) atoms. The van der Waals surface area contributed by atoms with Crippen LogP contribution in [0.5, 0.6) is 0 Å². The maximum absolute atomic E-state index is 12.6. The average molecular weight is 404 g/mol. The van der Waals surface area contributed by atoms with Gasteiger partial charge in [0, 0.05) is 12.3 Å². The maximum Gasteiger partial charge on any atom is 0.305 e. The lowest BCUT2D eigenvalue weighted by Crippen LogP contribution is -2.35. The Bertz CT molecular complexity index is 1130. The molecule has 0 aliphatic heterocycles. The molecule has 0 spiro atoms. The van der Waals surface area contributed by atoms with Gasteiger partial charge in [-0.15, -0.1) is 0 Å². The summed E-state index contributed by atoms with van der Waals surface area (Å²) in [4.78, 5) is 36.0. The van der Waals surface area contributed by atoms with Crippen molar-refractivity contribution >= 4 is 11.9 Å². The molecule has 1 atom stereocenters. The number of aryl methyl sites for hydroxylation is 2. The minimum Gasteiger partial charge on any atom is -0.481 e. The zero-order valence-corrected chi connectivity index (χ0v) is 17.0. The van der Waals surface area contributed by atoms with Gasteiger partial charge in [0.05, 0.1) is 12.5 Å². The number of hydrogen-bond acceptors (Lipinski definition) is 3. The second kappa shape index (κ2) is 9.22. The van der Waals surface area contributed by atoms with Gasteiger partial charge >= 0.3 is 5.97 Å². The Morgan fingerprint density at radius 3 is 2.50 bits per heavy atom. The fraction of sp³-hybridized carbons (Fsp3) is 0.208. The summed E-state index contributed by atoms with van der Waals surface area (Å²) in [5.74, 6) is -1.44. The van der Waals surface area contributed by atoms with Crippen LogP contribution in [0.25, 0.3) is 11.1 Å². The molecule has 2 aromatic carbocycles. The van der Waals surface area contributed by atoms with Gasteiger partial charge in [0.1, 0.15) is 6.54 Å². The van der Waals surface area contributed by atoms with E-state index in [0.717, 1.165) is 22.3 Å². The number of benzene rings is 2. The van der Waals surface area contributed by atoms with Gasteiger partial charge in [-0.1, -0.05) is 42.5 Å². The standard InChI is InChI=1S/C24H24N2O4/c1-16-10-11-26(23(28)12-16)15-22(27)25-21(14-24(29)30)19-8-5-7-18(13-19)20-9-4-3-6-17(20)2/h3-13,21H,14-15H2,1-2H3,(H,25,27)(H,29,30)/t21-/m0/s1. The van der Waals surface area contributed by atoms with E-state index in [1.54, 1.807) is 25.3 Å². The van der Waals surface area contributed by atoms with Crippen molar-refractivity contribution in [2.24, 2.45) is 0 Å². The number of carbonyl (C=O) groups excluding carboxylic acids is 1. The molecule has 0 bridgehead atoms. The number of aromatic nitrogens is 1. The minimum atomic E-state index is -1.02. The van der Waals surface area contributed by atoms with Gasteiger partial charge in [-0.3, -0.25) is 14.4 Å². The molecule has 154 valence electrons. The smallest absolute Gasteiger partial charge is 0.305 e. The van der Waals surface area contributed by atoms with E-state index in [0.29, 0.717) is 5.56 Å². The molecule has 1 heterocycles. The predicted octanol–water partition coefficient (Wildman–Crippen LogP) is 3.46. The first kappa shape index (κ1) is 21.0. The van der Waals surface area contributed by atoms with Gasteiger partial charge in [0.15, 0.2) is 0 Å². The molecule has 3 aromatic rings. The van der Waals surface area contributed by atoms with E-state index in [4.69, 9.17) is 0 Å². The van der Waals surface area contributed by atoms with Gasteiger partial charge in [0.25, 0.3) is 5.56 Å². The van der Waals surface area contributed by atoms with E-state index in [2.05, 4.69) is 5.32 Å². The molecule has 6 heteroatoms. The average Bonchev–Trinajstić information content (AvgIpc) is 2.70. The van der Waals surface area contributed by atoms with Crippen molar-refractivity contribution < 1.29 is 14.7 Å². The molecule has 0 aliphatic carbocycles. The fourth-order valence-corrected chi connectivity index (χ4v) is 3.38. The Morgan fingerprint density at radius 2 is 1.80 bits per heavy atom. The first-order valence-corrected chi connectivity index (χ1v) is 9.67. The monoisotopic (exact) mass is 404 g/mol. The topological polar surface area (TPSA) is 88.4 Å². The molecule has 0 aliphatic rings. The third-order valence-corrected chi connectivity index (χ3v) is 4.92. The second-order valence-electron chi connectivity index (χ2n) is 7.33. The lowest BCUT2D eigenvalue weighted by Gasteiger charge is -2.19. The summed E-state index contributed by atoms with van der Waals surface area (Å²) >= 11 is 0. The molecule has 6 nitrogen and oxygen atoms in total. The number of hydrogen-bond donors (Lipinski definition) is 2. The summed E-state index contributed by atoms with van der Waals surface area (Å²) in [6.45, 7) is 3.64. The first-order chi connectivity index (χ1) is 14.3. The van der Waals surface area contributed by atoms with Crippen molar-refractivity contribution in [1.82, 2.24) is 9.88 Å². The van der Waals surface area contributed by atoms with E-state index in [1.165, 1.54) is 10.6 Å². The third kappa shape index (κ3) is 5.23. The van der Waals surface area contributed by atoms with Crippen LogP contribution in [0.15, 0.2) is 71.7 Å². The van der Waals surface area contributed by atoms with Crippen LogP contribution in [0.2, 0.25) is 0 Å². The maximum atomic E-state index is 12.6. The molecular formula is C24H24N2O4. The number of aliphatic carboxylic acids is 1. The fourth-order valence-electron chi connectivity index (χ4n) is 3.38. The van der Waals surface area contributed by atoms with Gasteiger partial charge in [-0.2, -0.15) is 0 Å². The lowest BCUT2D eigenvalue weighted by atomic mass is 9.95. The van der Waals surface area contributed by atoms with Crippen molar-refractivity contribution in [3.05, 3.63) is 93.9 Å². The summed E-state index contributed by atoms with van der Waals surface area (Å²) in [6, 6.07) is 17.9. The predicted molar refractivity (Wildman–Crippen MR) is 115 cm³/mol. The Labute approximate surface area is 174 Å². The number of nitrogens with one attached hydrogen (secondary N) is 1. The highest BCUT2D eigenvalue weighted by Crippen LogP contribution is 2.27. The Hall–Kier alpha value is -3.67. The van der Waals surface area contributed by atoms with Crippen LogP contribution in [-0.2, 0) is 16.1 Å². The zero-order valence-electron chi connectivity index (χ0n) is 17.0. The van der Waals surface area contributed by atoms with Crippen LogP contribution >= 0.6 is 0 Å².